The molecule has 2 N–H and O–H groups in total. The number of benzene rings is 1. The van der Waals surface area contributed by atoms with Crippen molar-refractivity contribution in [1.29, 1.82) is 0 Å². The van der Waals surface area contributed by atoms with Gasteiger partial charge in [0.1, 0.15) is 5.76 Å². The highest BCUT2D eigenvalue weighted by Crippen LogP contribution is 2.26. The van der Waals surface area contributed by atoms with Crippen LogP contribution in [0.3, 0.4) is 0 Å². The number of nitrogens with one attached hydrogen (secondary N) is 1. The summed E-state index contributed by atoms with van der Waals surface area (Å²) in [7, 11) is 0. The van der Waals surface area contributed by atoms with Gasteiger partial charge in [-0.1, -0.05) is 11.6 Å². The van der Waals surface area contributed by atoms with Gasteiger partial charge in [-0.3, -0.25) is 10.1 Å². The molecule has 1 unspecified atom stereocenters. The van der Waals surface area contributed by atoms with Crippen LogP contribution in [-0.2, 0) is 6.42 Å². The first kappa shape index (κ1) is 15.3. The van der Waals surface area contributed by atoms with Crippen LogP contribution in [0.4, 0.5) is 11.4 Å². The van der Waals surface area contributed by atoms with E-state index in [9.17, 15) is 15.2 Å². The van der Waals surface area contributed by atoms with E-state index in [2.05, 4.69) is 5.32 Å². The second kappa shape index (κ2) is 7.10. The Morgan fingerprint density at radius 1 is 1.43 bits per heavy atom. The van der Waals surface area contributed by atoms with E-state index >= 15 is 0 Å². The van der Waals surface area contributed by atoms with Gasteiger partial charge in [-0.25, -0.2) is 0 Å². The molecule has 1 aromatic carbocycles. The van der Waals surface area contributed by atoms with Gasteiger partial charge in [0.15, 0.2) is 0 Å². The van der Waals surface area contributed by atoms with E-state index in [1.165, 1.54) is 12.1 Å². The third-order valence-corrected chi connectivity index (χ3v) is 3.39. The molecule has 6 nitrogen and oxygen atoms in total. The maximum absolute atomic E-state index is 10.6. The summed E-state index contributed by atoms with van der Waals surface area (Å²) in [6.07, 6.45) is 2.19. The van der Waals surface area contributed by atoms with Gasteiger partial charge >= 0.3 is 0 Å². The second-order valence-corrected chi connectivity index (χ2v) is 5.04. The van der Waals surface area contributed by atoms with Crippen molar-refractivity contribution in [2.75, 3.05) is 18.5 Å². The van der Waals surface area contributed by atoms with Crippen LogP contribution in [0.1, 0.15) is 5.76 Å². The number of hydrogen-bond acceptors (Lipinski definition) is 5. The number of aliphatic hydroxyl groups excluding tert-OH is 1. The molecule has 0 saturated heterocycles. The van der Waals surface area contributed by atoms with E-state index < -0.39 is 4.92 Å². The van der Waals surface area contributed by atoms with Gasteiger partial charge in [0.2, 0.25) is 0 Å². The van der Waals surface area contributed by atoms with Crippen molar-refractivity contribution in [3.63, 3.8) is 0 Å². The fourth-order valence-electron chi connectivity index (χ4n) is 1.93. The van der Waals surface area contributed by atoms with Gasteiger partial charge in [-0.15, -0.1) is 0 Å². The second-order valence-electron chi connectivity index (χ2n) is 4.63. The van der Waals surface area contributed by atoms with Crippen LogP contribution < -0.4 is 5.32 Å². The minimum absolute atomic E-state index is 0.00169. The normalized spacial score (nSPS) is 12.1. The van der Waals surface area contributed by atoms with Gasteiger partial charge in [-0.05, 0) is 18.2 Å². The molecule has 2 rings (SSSR count). The van der Waals surface area contributed by atoms with E-state index in [-0.39, 0.29) is 23.2 Å². The van der Waals surface area contributed by atoms with E-state index in [0.717, 1.165) is 5.76 Å². The molecule has 0 amide bonds. The monoisotopic (exact) mass is 310 g/mol. The summed E-state index contributed by atoms with van der Waals surface area (Å²) in [5, 5.41) is 23.4. The highest BCUT2D eigenvalue weighted by Gasteiger charge is 2.13. The Bertz CT molecular complexity index is 601. The first-order valence-corrected chi connectivity index (χ1v) is 6.79. The largest absolute Gasteiger partial charge is 0.469 e. The molecule has 0 radical (unpaired) electrons. The number of halogens is 1. The fraction of sp³-hybridized carbons (Fsp3) is 0.286. The molecule has 0 fully saturated rings. The molecule has 0 aliphatic rings. The molecule has 21 heavy (non-hydrogen) atoms. The third kappa shape index (κ3) is 4.21. The highest BCUT2D eigenvalue weighted by atomic mass is 35.5. The number of hydrogen-bond donors (Lipinski definition) is 2. The molecular weight excluding hydrogens is 296 g/mol. The molecule has 0 bridgehead atoms. The zero-order valence-electron chi connectivity index (χ0n) is 11.2. The van der Waals surface area contributed by atoms with Crippen molar-refractivity contribution in [2.45, 2.75) is 6.42 Å². The van der Waals surface area contributed by atoms with Crippen LogP contribution in [0.25, 0.3) is 0 Å². The molecule has 1 heterocycles. The number of nitro benzene ring substituents is 1. The number of nitro groups is 1. The smallest absolute Gasteiger partial charge is 0.271 e. The lowest BCUT2D eigenvalue weighted by molar-refractivity contribution is -0.384. The van der Waals surface area contributed by atoms with Crippen LogP contribution in [-0.4, -0.2) is 23.2 Å². The summed E-state index contributed by atoms with van der Waals surface area (Å²) in [5.41, 5.74) is 0.542. The zero-order chi connectivity index (χ0) is 15.2. The lowest BCUT2D eigenvalue weighted by Crippen LogP contribution is -2.20. The summed E-state index contributed by atoms with van der Waals surface area (Å²) in [6, 6.07) is 7.88. The molecule has 1 aromatic heterocycles. The summed E-state index contributed by atoms with van der Waals surface area (Å²) in [4.78, 5) is 10.1. The number of non-ortho nitro benzene ring substituents is 1. The molecule has 112 valence electrons. The maximum atomic E-state index is 10.6. The Labute approximate surface area is 126 Å². The van der Waals surface area contributed by atoms with E-state index in [1.54, 1.807) is 18.4 Å². The maximum Gasteiger partial charge on any atom is 0.271 e. The summed E-state index contributed by atoms with van der Waals surface area (Å²) < 4.78 is 5.24. The molecule has 0 spiro atoms. The predicted molar refractivity (Wildman–Crippen MR) is 79.6 cm³/mol. The van der Waals surface area contributed by atoms with E-state index in [4.69, 9.17) is 16.0 Å². The van der Waals surface area contributed by atoms with Crippen LogP contribution in [0.5, 0.6) is 0 Å². The lowest BCUT2D eigenvalue weighted by Gasteiger charge is -2.15. The minimum atomic E-state index is -0.497. The van der Waals surface area contributed by atoms with Crippen molar-refractivity contribution >= 4 is 23.0 Å². The molecular formula is C14H15ClN2O4. The Kier molecular flexibility index (Phi) is 5.19. The molecule has 0 saturated carbocycles. The average molecular weight is 311 g/mol. The van der Waals surface area contributed by atoms with Gasteiger partial charge in [0, 0.05) is 37.6 Å². The van der Waals surface area contributed by atoms with Crippen molar-refractivity contribution in [1.82, 2.24) is 0 Å². The highest BCUT2D eigenvalue weighted by molar-refractivity contribution is 6.33. The fourth-order valence-corrected chi connectivity index (χ4v) is 2.17. The number of nitrogens with zero attached hydrogens (tertiary/aromatic N) is 1. The van der Waals surface area contributed by atoms with Gasteiger partial charge < -0.3 is 14.8 Å². The summed E-state index contributed by atoms with van der Waals surface area (Å²) >= 11 is 5.99. The van der Waals surface area contributed by atoms with Gasteiger partial charge in [0.25, 0.3) is 5.69 Å². The Morgan fingerprint density at radius 2 is 2.24 bits per heavy atom. The molecule has 7 heteroatoms. The summed E-state index contributed by atoms with van der Waals surface area (Å²) in [6.45, 7) is 0.479. The van der Waals surface area contributed by atoms with Gasteiger partial charge in [0.05, 0.1) is 21.9 Å². The van der Waals surface area contributed by atoms with Crippen LogP contribution in [0, 0.1) is 16.0 Å². The topological polar surface area (TPSA) is 88.5 Å². The van der Waals surface area contributed by atoms with E-state index in [0.29, 0.717) is 18.7 Å². The first-order valence-electron chi connectivity index (χ1n) is 6.41. The Morgan fingerprint density at radius 3 is 2.81 bits per heavy atom. The summed E-state index contributed by atoms with van der Waals surface area (Å²) in [5.74, 6) is 0.757. The molecule has 2 aromatic rings. The number of furan rings is 1. The van der Waals surface area contributed by atoms with Crippen molar-refractivity contribution in [3.05, 3.63) is 57.5 Å². The van der Waals surface area contributed by atoms with Crippen molar-refractivity contribution < 1.29 is 14.4 Å². The number of rotatable bonds is 7. The van der Waals surface area contributed by atoms with Crippen LogP contribution in [0.15, 0.2) is 41.0 Å². The quantitative estimate of drug-likeness (QED) is 0.606. The van der Waals surface area contributed by atoms with Crippen molar-refractivity contribution in [3.8, 4) is 0 Å². The molecule has 0 aliphatic heterocycles. The Balaban J connectivity index is 1.96. The molecule has 1 atom stereocenters. The Hall–Kier alpha value is -2.05. The van der Waals surface area contributed by atoms with Crippen LogP contribution >= 0.6 is 11.6 Å². The SMILES string of the molecule is O=[N+]([O-])c1ccc(NCC(CO)Cc2ccco2)c(Cl)c1. The first-order chi connectivity index (χ1) is 10.1. The standard InChI is InChI=1S/C14H15ClN2O4/c15-13-7-11(17(19)20)3-4-14(13)16-8-10(9-18)6-12-2-1-5-21-12/h1-5,7,10,16,18H,6,8-9H2. The van der Waals surface area contributed by atoms with E-state index in [1.807, 2.05) is 6.07 Å². The number of aliphatic hydroxyl groups is 1. The third-order valence-electron chi connectivity index (χ3n) is 3.07. The lowest BCUT2D eigenvalue weighted by atomic mass is 10.0. The minimum Gasteiger partial charge on any atom is -0.469 e. The van der Waals surface area contributed by atoms with Crippen molar-refractivity contribution in [2.24, 2.45) is 5.92 Å². The van der Waals surface area contributed by atoms with Crippen LogP contribution in [0.2, 0.25) is 5.02 Å². The number of anilines is 1. The van der Waals surface area contributed by atoms with Gasteiger partial charge in [-0.2, -0.15) is 0 Å². The zero-order valence-corrected chi connectivity index (χ0v) is 11.9. The average Bonchev–Trinajstić information content (AvgIpc) is 2.97. The predicted octanol–water partition coefficient (Wildman–Crippen LogP) is 3.10. The molecule has 0 aliphatic carbocycles.